The van der Waals surface area contributed by atoms with E-state index in [1.165, 1.54) is 16.5 Å². The average Bonchev–Trinajstić information content (AvgIpc) is 3.24. The van der Waals surface area contributed by atoms with Crippen LogP contribution in [0, 0.1) is 0 Å². The minimum Gasteiger partial charge on any atom is -0.367 e. The molecule has 1 aromatic heterocycles. The summed E-state index contributed by atoms with van der Waals surface area (Å²) in [7, 11) is 0. The van der Waals surface area contributed by atoms with Crippen molar-refractivity contribution in [3.63, 3.8) is 0 Å². The number of nitrogens with zero attached hydrogens (tertiary/aromatic N) is 4. The molecule has 1 fully saturated rings. The van der Waals surface area contributed by atoms with Crippen LogP contribution in [0.2, 0.25) is 0 Å². The van der Waals surface area contributed by atoms with Crippen molar-refractivity contribution in [1.29, 1.82) is 0 Å². The van der Waals surface area contributed by atoms with Gasteiger partial charge < -0.3 is 14.3 Å². The van der Waals surface area contributed by atoms with E-state index >= 15 is 0 Å². The molecular formula is C22H19BrN4O. The maximum atomic E-state index is 5.57. The van der Waals surface area contributed by atoms with Crippen LogP contribution in [0.25, 0.3) is 22.2 Å². The van der Waals surface area contributed by atoms with E-state index in [1.807, 2.05) is 24.3 Å². The van der Waals surface area contributed by atoms with Crippen molar-refractivity contribution in [2.45, 2.75) is 0 Å². The van der Waals surface area contributed by atoms with Crippen LogP contribution in [0.3, 0.4) is 0 Å². The van der Waals surface area contributed by atoms with E-state index in [-0.39, 0.29) is 0 Å². The zero-order valence-corrected chi connectivity index (χ0v) is 16.8. The zero-order chi connectivity index (χ0) is 18.9. The Balaban J connectivity index is 1.32. The Labute approximate surface area is 171 Å². The Hall–Kier alpha value is -2.86. The molecule has 0 bridgehead atoms. The number of benzene rings is 3. The SMILES string of the molecule is Brc1ccccc1N1CCN(c2nc(-c3ccc4ccccc4c3)no2)CC1. The van der Waals surface area contributed by atoms with Crippen LogP contribution in [-0.2, 0) is 0 Å². The molecular weight excluding hydrogens is 416 g/mol. The lowest BCUT2D eigenvalue weighted by Gasteiger charge is -2.35. The highest BCUT2D eigenvalue weighted by atomic mass is 79.9. The van der Waals surface area contributed by atoms with Crippen LogP contribution in [0.1, 0.15) is 0 Å². The van der Waals surface area contributed by atoms with Crippen LogP contribution in [0.4, 0.5) is 11.7 Å². The van der Waals surface area contributed by atoms with E-state index in [1.54, 1.807) is 0 Å². The fraction of sp³-hybridized carbons (Fsp3) is 0.182. The van der Waals surface area contributed by atoms with E-state index in [9.17, 15) is 0 Å². The predicted molar refractivity (Wildman–Crippen MR) is 116 cm³/mol. The van der Waals surface area contributed by atoms with Crippen LogP contribution in [0.5, 0.6) is 0 Å². The summed E-state index contributed by atoms with van der Waals surface area (Å²) in [5.41, 5.74) is 2.20. The van der Waals surface area contributed by atoms with Gasteiger partial charge in [-0.1, -0.05) is 53.7 Å². The van der Waals surface area contributed by atoms with Gasteiger partial charge in [-0.15, -0.1) is 0 Å². The van der Waals surface area contributed by atoms with Crippen molar-refractivity contribution in [3.05, 3.63) is 71.2 Å². The summed E-state index contributed by atoms with van der Waals surface area (Å²) in [6.45, 7) is 3.52. The number of halogens is 1. The second kappa shape index (κ2) is 7.28. The number of hydrogen-bond acceptors (Lipinski definition) is 5. The molecule has 4 aromatic rings. The Morgan fingerprint density at radius 3 is 2.32 bits per heavy atom. The first-order valence-corrected chi connectivity index (χ1v) is 10.1. The number of aromatic nitrogens is 2. The smallest absolute Gasteiger partial charge is 0.324 e. The standard InChI is InChI=1S/C22H19BrN4O/c23-19-7-3-4-8-20(19)26-11-13-27(14-12-26)22-24-21(25-28-22)18-10-9-16-5-1-2-6-17(16)15-18/h1-10,15H,11-14H2. The van der Waals surface area contributed by atoms with E-state index in [2.05, 4.69) is 78.3 Å². The summed E-state index contributed by atoms with van der Waals surface area (Å²) < 4.78 is 6.70. The van der Waals surface area contributed by atoms with Gasteiger partial charge in [-0.2, -0.15) is 4.98 Å². The molecule has 1 aliphatic heterocycles. The first kappa shape index (κ1) is 17.3. The highest BCUT2D eigenvalue weighted by Gasteiger charge is 2.23. The maximum absolute atomic E-state index is 5.57. The summed E-state index contributed by atoms with van der Waals surface area (Å²) in [5, 5.41) is 6.59. The van der Waals surface area contributed by atoms with Gasteiger partial charge in [0, 0.05) is 36.2 Å². The first-order chi connectivity index (χ1) is 13.8. The van der Waals surface area contributed by atoms with Gasteiger partial charge in [0.2, 0.25) is 5.82 Å². The minimum atomic E-state index is 0.593. The predicted octanol–water partition coefficient (Wildman–Crippen LogP) is 4.98. The van der Waals surface area contributed by atoms with Crippen molar-refractivity contribution >= 4 is 38.4 Å². The van der Waals surface area contributed by atoms with Gasteiger partial charge in [-0.05, 0) is 44.9 Å². The zero-order valence-electron chi connectivity index (χ0n) is 15.3. The van der Waals surface area contributed by atoms with Crippen LogP contribution in [0.15, 0.2) is 75.7 Å². The van der Waals surface area contributed by atoms with E-state index < -0.39 is 0 Å². The lowest BCUT2D eigenvalue weighted by atomic mass is 10.1. The molecule has 2 heterocycles. The number of anilines is 2. The molecule has 0 spiro atoms. The molecule has 5 rings (SSSR count). The largest absolute Gasteiger partial charge is 0.367 e. The molecule has 1 saturated heterocycles. The molecule has 0 aliphatic carbocycles. The van der Waals surface area contributed by atoms with Crippen molar-refractivity contribution in [1.82, 2.24) is 10.1 Å². The Morgan fingerprint density at radius 2 is 1.50 bits per heavy atom. The molecule has 0 atom stereocenters. The topological polar surface area (TPSA) is 45.4 Å². The third-order valence-corrected chi connectivity index (χ3v) is 5.84. The van der Waals surface area contributed by atoms with Crippen molar-refractivity contribution in [2.75, 3.05) is 36.0 Å². The highest BCUT2D eigenvalue weighted by molar-refractivity contribution is 9.10. The third-order valence-electron chi connectivity index (χ3n) is 5.17. The van der Waals surface area contributed by atoms with Gasteiger partial charge in [-0.3, -0.25) is 0 Å². The van der Waals surface area contributed by atoms with Gasteiger partial charge in [0.1, 0.15) is 0 Å². The summed E-state index contributed by atoms with van der Waals surface area (Å²) in [5.74, 6) is 0.633. The van der Waals surface area contributed by atoms with E-state index in [4.69, 9.17) is 4.52 Å². The fourth-order valence-corrected chi connectivity index (χ4v) is 4.17. The Morgan fingerprint density at radius 1 is 0.786 bits per heavy atom. The van der Waals surface area contributed by atoms with Crippen molar-refractivity contribution < 1.29 is 4.52 Å². The van der Waals surface area contributed by atoms with E-state index in [0.717, 1.165) is 36.2 Å². The van der Waals surface area contributed by atoms with Gasteiger partial charge >= 0.3 is 6.01 Å². The molecule has 140 valence electrons. The van der Waals surface area contributed by atoms with Crippen LogP contribution in [-0.4, -0.2) is 36.3 Å². The minimum absolute atomic E-state index is 0.593. The fourth-order valence-electron chi connectivity index (χ4n) is 3.64. The molecule has 0 amide bonds. The molecule has 3 aromatic carbocycles. The Bertz CT molecular complexity index is 1120. The summed E-state index contributed by atoms with van der Waals surface area (Å²) >= 11 is 3.64. The Kier molecular flexibility index (Phi) is 4.49. The summed E-state index contributed by atoms with van der Waals surface area (Å²) in [6.07, 6.45) is 0. The average molecular weight is 435 g/mol. The number of rotatable bonds is 3. The maximum Gasteiger partial charge on any atom is 0.324 e. The molecule has 1 aliphatic rings. The quantitative estimate of drug-likeness (QED) is 0.454. The summed E-state index contributed by atoms with van der Waals surface area (Å²) in [6, 6.07) is 23.5. The highest BCUT2D eigenvalue weighted by Crippen LogP contribution is 2.28. The number of piperazine rings is 1. The molecule has 0 N–H and O–H groups in total. The lowest BCUT2D eigenvalue weighted by molar-refractivity contribution is 0.409. The number of para-hydroxylation sites is 1. The van der Waals surface area contributed by atoms with E-state index in [0.29, 0.717) is 11.8 Å². The lowest BCUT2D eigenvalue weighted by Crippen LogP contribution is -2.46. The third kappa shape index (κ3) is 3.24. The van der Waals surface area contributed by atoms with Crippen LogP contribution >= 0.6 is 15.9 Å². The molecule has 28 heavy (non-hydrogen) atoms. The van der Waals surface area contributed by atoms with Crippen molar-refractivity contribution in [3.8, 4) is 11.4 Å². The molecule has 0 saturated carbocycles. The van der Waals surface area contributed by atoms with Gasteiger partial charge in [-0.25, -0.2) is 0 Å². The second-order valence-corrected chi connectivity index (χ2v) is 7.74. The monoisotopic (exact) mass is 434 g/mol. The molecule has 0 radical (unpaired) electrons. The van der Waals surface area contributed by atoms with Crippen molar-refractivity contribution in [2.24, 2.45) is 0 Å². The molecule has 6 heteroatoms. The van der Waals surface area contributed by atoms with Gasteiger partial charge in [0.25, 0.3) is 0 Å². The second-order valence-electron chi connectivity index (χ2n) is 6.89. The first-order valence-electron chi connectivity index (χ1n) is 9.35. The number of fused-ring (bicyclic) bond motifs is 1. The van der Waals surface area contributed by atoms with Gasteiger partial charge in [0.15, 0.2) is 0 Å². The summed E-state index contributed by atoms with van der Waals surface area (Å²) in [4.78, 5) is 9.18. The number of hydrogen-bond donors (Lipinski definition) is 0. The molecule has 5 nitrogen and oxygen atoms in total. The normalized spacial score (nSPS) is 14.6. The van der Waals surface area contributed by atoms with Crippen LogP contribution < -0.4 is 9.80 Å². The van der Waals surface area contributed by atoms with Gasteiger partial charge in [0.05, 0.1) is 5.69 Å². The molecule has 0 unspecified atom stereocenters.